The fourth-order valence-electron chi connectivity index (χ4n) is 9.68. The van der Waals surface area contributed by atoms with Gasteiger partial charge in [-0.15, -0.1) is 6.42 Å². The Bertz CT molecular complexity index is 3700. The largest absolute Gasteiger partial charge is 0.314 e. The third-order valence-corrected chi connectivity index (χ3v) is 12.9. The van der Waals surface area contributed by atoms with Gasteiger partial charge in [0.1, 0.15) is 0 Å². The van der Waals surface area contributed by atoms with Crippen LogP contribution in [0, 0.1) is 12.3 Å². The van der Waals surface area contributed by atoms with Gasteiger partial charge in [-0.1, -0.05) is 212 Å². The monoisotopic (exact) mass is 839 g/mol. The molecule has 0 aromatic heterocycles. The van der Waals surface area contributed by atoms with Crippen molar-refractivity contribution in [1.82, 2.24) is 0 Å². The minimum atomic E-state index is 0.808. The lowest BCUT2D eigenvalue weighted by molar-refractivity contribution is 1.16. The minimum absolute atomic E-state index is 0.808. The van der Waals surface area contributed by atoms with Crippen LogP contribution in [0.15, 0.2) is 254 Å². The second-order valence-corrected chi connectivity index (χ2v) is 16.8. The Labute approximate surface area is 386 Å². The highest BCUT2D eigenvalue weighted by molar-refractivity contribution is 6.14. The SMILES string of the molecule is C#C/C(=C\C=C(/C)N(c1ccc(-c2cccc3ccccc23)cc1)c1cc(-c2cc3ccccc3c3ccccc23)ccc1-c1ccccc1)c1cccc(-c2cccc3ccccc23)c1. The molecule has 310 valence electrons. The molecule has 0 N–H and O–H groups in total. The second kappa shape index (κ2) is 17.5. The van der Waals surface area contributed by atoms with E-state index in [0.717, 1.165) is 56.0 Å². The van der Waals surface area contributed by atoms with Crippen molar-refractivity contribution in [3.63, 3.8) is 0 Å². The molecule has 0 atom stereocenters. The standard InChI is InChI=1S/C65H45N/c1-3-46(51-25-15-26-52(42-51)59-33-17-24-48-21-8-11-28-57(48)59)35-34-45(2)66(55-39-36-50(37-40-55)58-32-16-23-47-20-7-10-27-56(47)58)65-44-54(38-41-61(65)49-18-5-4-6-19-49)64-43-53-22-9-12-29-60(53)62-30-13-14-31-63(62)64/h1,4-44H,2H3/b45-34+,46-35+. The van der Waals surface area contributed by atoms with E-state index in [1.54, 1.807) is 0 Å². The second-order valence-electron chi connectivity index (χ2n) is 16.8. The number of terminal acetylenes is 1. The van der Waals surface area contributed by atoms with E-state index in [0.29, 0.717) is 0 Å². The third kappa shape index (κ3) is 7.51. The van der Waals surface area contributed by atoms with E-state index < -0.39 is 0 Å². The molecule has 66 heavy (non-hydrogen) atoms. The van der Waals surface area contributed by atoms with Crippen LogP contribution >= 0.6 is 0 Å². The summed E-state index contributed by atoms with van der Waals surface area (Å²) in [5, 5.41) is 9.83. The molecular weight excluding hydrogens is 795 g/mol. The van der Waals surface area contributed by atoms with Crippen LogP contribution in [-0.2, 0) is 0 Å². The van der Waals surface area contributed by atoms with Crippen molar-refractivity contribution in [2.75, 3.05) is 4.90 Å². The van der Waals surface area contributed by atoms with E-state index in [1.807, 2.05) is 0 Å². The first kappa shape index (κ1) is 40.1. The third-order valence-electron chi connectivity index (χ3n) is 12.9. The summed E-state index contributed by atoms with van der Waals surface area (Å²) in [6.07, 6.45) is 10.7. The summed E-state index contributed by atoms with van der Waals surface area (Å²) >= 11 is 0. The number of benzene rings is 11. The van der Waals surface area contributed by atoms with Crippen LogP contribution in [0.4, 0.5) is 11.4 Å². The smallest absolute Gasteiger partial charge is 0.0542 e. The van der Waals surface area contributed by atoms with Crippen LogP contribution in [0.3, 0.4) is 0 Å². The topological polar surface area (TPSA) is 3.24 Å². The molecule has 0 spiro atoms. The van der Waals surface area contributed by atoms with Crippen molar-refractivity contribution in [3.05, 3.63) is 260 Å². The lowest BCUT2D eigenvalue weighted by Crippen LogP contribution is -2.15. The molecule has 0 aliphatic carbocycles. The Kier molecular flexibility index (Phi) is 10.6. The van der Waals surface area contributed by atoms with E-state index in [2.05, 4.69) is 266 Å². The van der Waals surface area contributed by atoms with Gasteiger partial charge in [-0.2, -0.15) is 0 Å². The molecule has 0 heterocycles. The van der Waals surface area contributed by atoms with Crippen molar-refractivity contribution in [2.24, 2.45) is 0 Å². The molecule has 0 aliphatic rings. The molecule has 0 saturated carbocycles. The van der Waals surface area contributed by atoms with E-state index in [9.17, 15) is 0 Å². The van der Waals surface area contributed by atoms with E-state index >= 15 is 0 Å². The molecule has 11 aromatic rings. The number of hydrogen-bond acceptors (Lipinski definition) is 1. The molecule has 0 amide bonds. The van der Waals surface area contributed by atoms with Gasteiger partial charge in [-0.05, 0) is 137 Å². The summed E-state index contributed by atoms with van der Waals surface area (Å²) in [5.74, 6) is 3.05. The molecule has 0 radical (unpaired) electrons. The lowest BCUT2D eigenvalue weighted by Gasteiger charge is -2.29. The first-order chi connectivity index (χ1) is 32.6. The highest BCUT2D eigenvalue weighted by Gasteiger charge is 2.20. The number of rotatable bonds is 9. The van der Waals surface area contributed by atoms with Gasteiger partial charge < -0.3 is 4.90 Å². The summed E-state index contributed by atoms with van der Waals surface area (Å²) in [4.78, 5) is 2.39. The normalized spacial score (nSPS) is 11.9. The molecule has 11 aromatic carbocycles. The maximum atomic E-state index is 6.39. The van der Waals surface area contributed by atoms with Crippen LogP contribution in [-0.4, -0.2) is 0 Å². The number of hydrogen-bond donors (Lipinski definition) is 0. The van der Waals surface area contributed by atoms with Gasteiger partial charge in [0.15, 0.2) is 0 Å². The Balaban J connectivity index is 1.09. The van der Waals surface area contributed by atoms with Crippen molar-refractivity contribution in [1.29, 1.82) is 0 Å². The highest BCUT2D eigenvalue weighted by Crippen LogP contribution is 2.44. The average molecular weight is 840 g/mol. The van der Waals surface area contributed by atoms with Crippen molar-refractivity contribution in [3.8, 4) is 56.9 Å². The summed E-state index contributed by atoms with van der Waals surface area (Å²) in [5.41, 5.74) is 14.2. The first-order valence-corrected chi connectivity index (χ1v) is 22.5. The zero-order valence-corrected chi connectivity index (χ0v) is 36.7. The Morgan fingerprint density at radius 3 is 1.59 bits per heavy atom. The molecule has 0 unspecified atom stereocenters. The maximum absolute atomic E-state index is 6.39. The number of anilines is 2. The lowest BCUT2D eigenvalue weighted by atomic mass is 9.91. The van der Waals surface area contributed by atoms with Crippen LogP contribution in [0.2, 0.25) is 0 Å². The molecule has 1 heteroatoms. The van der Waals surface area contributed by atoms with Crippen LogP contribution < -0.4 is 4.90 Å². The molecule has 1 nitrogen and oxygen atoms in total. The molecule has 0 aliphatic heterocycles. The average Bonchev–Trinajstić information content (AvgIpc) is 3.39. The Hall–Kier alpha value is -8.70. The first-order valence-electron chi connectivity index (χ1n) is 22.5. The van der Waals surface area contributed by atoms with Gasteiger partial charge in [0.25, 0.3) is 0 Å². The van der Waals surface area contributed by atoms with Gasteiger partial charge in [-0.25, -0.2) is 0 Å². The fourth-order valence-corrected chi connectivity index (χ4v) is 9.68. The van der Waals surface area contributed by atoms with E-state index in [-0.39, 0.29) is 0 Å². The highest BCUT2D eigenvalue weighted by atomic mass is 15.1. The number of fused-ring (bicyclic) bond motifs is 5. The number of nitrogens with zero attached hydrogens (tertiary/aromatic N) is 1. The predicted octanol–water partition coefficient (Wildman–Crippen LogP) is 17.7. The Morgan fingerprint density at radius 2 is 0.894 bits per heavy atom. The van der Waals surface area contributed by atoms with Gasteiger partial charge >= 0.3 is 0 Å². The summed E-state index contributed by atoms with van der Waals surface area (Å²) in [6.45, 7) is 2.18. The molecule has 11 rings (SSSR count). The van der Waals surface area contributed by atoms with E-state index in [4.69, 9.17) is 6.42 Å². The summed E-state index contributed by atoms with van der Waals surface area (Å²) in [7, 11) is 0. The number of allylic oxidation sites excluding steroid dienone is 4. The van der Waals surface area contributed by atoms with Gasteiger partial charge in [0.2, 0.25) is 0 Å². The van der Waals surface area contributed by atoms with Gasteiger partial charge in [0.05, 0.1) is 5.69 Å². The van der Waals surface area contributed by atoms with Crippen LogP contribution in [0.5, 0.6) is 0 Å². The molecular formula is C65H45N. The molecule has 0 saturated heterocycles. The van der Waals surface area contributed by atoms with Gasteiger partial charge in [-0.3, -0.25) is 0 Å². The van der Waals surface area contributed by atoms with Crippen LogP contribution in [0.1, 0.15) is 12.5 Å². The van der Waals surface area contributed by atoms with Crippen molar-refractivity contribution < 1.29 is 0 Å². The zero-order chi connectivity index (χ0) is 44.4. The van der Waals surface area contributed by atoms with Gasteiger partial charge in [0, 0.05) is 22.5 Å². The van der Waals surface area contributed by atoms with Crippen molar-refractivity contribution in [2.45, 2.75) is 6.92 Å². The van der Waals surface area contributed by atoms with Crippen LogP contribution in [0.25, 0.3) is 93.2 Å². The fraction of sp³-hybridized carbons (Fsp3) is 0.0154. The molecule has 0 bridgehead atoms. The quantitative estimate of drug-likeness (QED) is 0.0795. The summed E-state index contributed by atoms with van der Waals surface area (Å²) in [6, 6.07) is 85.2. The Morgan fingerprint density at radius 1 is 0.379 bits per heavy atom. The minimum Gasteiger partial charge on any atom is -0.314 e. The molecule has 0 fully saturated rings. The van der Waals surface area contributed by atoms with Crippen molar-refractivity contribution >= 4 is 60.0 Å². The van der Waals surface area contributed by atoms with E-state index in [1.165, 1.54) is 59.8 Å². The zero-order valence-electron chi connectivity index (χ0n) is 36.7. The summed E-state index contributed by atoms with van der Waals surface area (Å²) < 4.78 is 0. The predicted molar refractivity (Wildman–Crippen MR) is 284 cm³/mol. The maximum Gasteiger partial charge on any atom is 0.0542 e.